The molecule has 4 aromatic rings. The van der Waals surface area contributed by atoms with Gasteiger partial charge in [0.05, 0.1) is 30.8 Å². The summed E-state index contributed by atoms with van der Waals surface area (Å²) in [4.78, 5) is 11.2. The van der Waals surface area contributed by atoms with Crippen LogP contribution in [0.3, 0.4) is 0 Å². The van der Waals surface area contributed by atoms with Gasteiger partial charge in [0.25, 0.3) is 0 Å². The molecule has 0 radical (unpaired) electrons. The fourth-order valence-corrected chi connectivity index (χ4v) is 3.73. The Hall–Kier alpha value is -3.09. The van der Waals surface area contributed by atoms with Crippen LogP contribution in [0.2, 0.25) is 0 Å². The molecule has 4 heterocycles. The molecule has 5 rings (SSSR count). The van der Waals surface area contributed by atoms with Crippen LogP contribution in [0.15, 0.2) is 60.9 Å². The van der Waals surface area contributed by atoms with E-state index >= 15 is 0 Å². The molecule has 1 aromatic carbocycles. The van der Waals surface area contributed by atoms with E-state index in [2.05, 4.69) is 39.1 Å². The lowest BCUT2D eigenvalue weighted by Gasteiger charge is -2.26. The number of hydrogen-bond acceptors (Lipinski definition) is 5. The number of hydrogen-bond donors (Lipinski definition) is 0. The van der Waals surface area contributed by atoms with Crippen LogP contribution in [0.5, 0.6) is 0 Å². The van der Waals surface area contributed by atoms with Gasteiger partial charge in [-0.25, -0.2) is 9.50 Å². The predicted molar refractivity (Wildman–Crippen MR) is 112 cm³/mol. The zero-order chi connectivity index (χ0) is 19.6. The van der Waals surface area contributed by atoms with Gasteiger partial charge in [-0.3, -0.25) is 9.88 Å². The smallest absolute Gasteiger partial charge is 0.154 e. The molecule has 1 saturated heterocycles. The number of nitrogens with zero attached hydrogens (tertiary/aromatic N) is 5. The van der Waals surface area contributed by atoms with Crippen molar-refractivity contribution in [3.05, 3.63) is 72.2 Å². The van der Waals surface area contributed by atoms with Crippen LogP contribution >= 0.6 is 0 Å². The standard InChI is InChI=1S/C23H23N5O/c1-17-14-20(8-9-24-17)21-6-7-23-25-15-22(28(23)26-21)19-4-2-18(3-5-19)16-27-10-12-29-13-11-27/h2-9,14-15H,10-13,16H2,1H3. The second kappa shape index (κ2) is 7.73. The average molecular weight is 385 g/mol. The van der Waals surface area contributed by atoms with Gasteiger partial charge in [0.1, 0.15) is 0 Å². The maximum absolute atomic E-state index is 5.43. The van der Waals surface area contributed by atoms with Crippen LogP contribution in [0, 0.1) is 6.92 Å². The van der Waals surface area contributed by atoms with Gasteiger partial charge in [-0.2, -0.15) is 5.10 Å². The van der Waals surface area contributed by atoms with Crippen molar-refractivity contribution in [2.45, 2.75) is 13.5 Å². The molecule has 6 nitrogen and oxygen atoms in total. The Morgan fingerprint density at radius 1 is 0.931 bits per heavy atom. The van der Waals surface area contributed by atoms with Crippen LogP contribution in [0.1, 0.15) is 11.3 Å². The van der Waals surface area contributed by atoms with Crippen molar-refractivity contribution in [2.75, 3.05) is 26.3 Å². The van der Waals surface area contributed by atoms with E-state index < -0.39 is 0 Å². The summed E-state index contributed by atoms with van der Waals surface area (Å²) in [6.07, 6.45) is 3.71. The predicted octanol–water partition coefficient (Wildman–Crippen LogP) is 3.60. The van der Waals surface area contributed by atoms with Crippen molar-refractivity contribution < 1.29 is 4.74 Å². The van der Waals surface area contributed by atoms with E-state index in [1.165, 1.54) is 5.56 Å². The number of imidazole rings is 1. The maximum Gasteiger partial charge on any atom is 0.154 e. The molecule has 1 aliphatic heterocycles. The van der Waals surface area contributed by atoms with E-state index in [0.29, 0.717) is 0 Å². The highest BCUT2D eigenvalue weighted by Gasteiger charge is 2.12. The molecular formula is C23H23N5O. The normalized spacial score (nSPS) is 15.1. The molecule has 0 atom stereocenters. The van der Waals surface area contributed by atoms with Crippen LogP contribution in [-0.2, 0) is 11.3 Å². The SMILES string of the molecule is Cc1cc(-c2ccc3ncc(-c4ccc(CN5CCOCC5)cc4)n3n2)ccn1. The summed E-state index contributed by atoms with van der Waals surface area (Å²) in [5, 5.41) is 4.84. The number of pyridine rings is 1. The highest BCUT2D eigenvalue weighted by atomic mass is 16.5. The lowest BCUT2D eigenvalue weighted by Crippen LogP contribution is -2.35. The van der Waals surface area contributed by atoms with Gasteiger partial charge in [-0.1, -0.05) is 24.3 Å². The average Bonchev–Trinajstić information content (AvgIpc) is 3.18. The fourth-order valence-electron chi connectivity index (χ4n) is 3.73. The third kappa shape index (κ3) is 3.77. The minimum Gasteiger partial charge on any atom is -0.379 e. The van der Waals surface area contributed by atoms with Crippen molar-refractivity contribution in [2.24, 2.45) is 0 Å². The topological polar surface area (TPSA) is 55.6 Å². The second-order valence-electron chi connectivity index (χ2n) is 7.40. The lowest BCUT2D eigenvalue weighted by atomic mass is 10.1. The van der Waals surface area contributed by atoms with E-state index in [0.717, 1.165) is 66.7 Å². The molecule has 0 unspecified atom stereocenters. The number of ether oxygens (including phenoxy) is 1. The number of rotatable bonds is 4. The van der Waals surface area contributed by atoms with Crippen molar-refractivity contribution in [3.63, 3.8) is 0 Å². The molecule has 1 aliphatic rings. The van der Waals surface area contributed by atoms with Gasteiger partial charge in [0.15, 0.2) is 5.65 Å². The summed E-state index contributed by atoms with van der Waals surface area (Å²) < 4.78 is 7.35. The first kappa shape index (κ1) is 18.0. The first-order chi connectivity index (χ1) is 14.3. The van der Waals surface area contributed by atoms with E-state index in [4.69, 9.17) is 9.84 Å². The van der Waals surface area contributed by atoms with Crippen molar-refractivity contribution in [1.29, 1.82) is 0 Å². The zero-order valence-corrected chi connectivity index (χ0v) is 16.5. The summed E-state index contributed by atoms with van der Waals surface area (Å²) >= 11 is 0. The Bertz CT molecular complexity index is 1130. The molecule has 6 heteroatoms. The summed E-state index contributed by atoms with van der Waals surface area (Å²) in [5.74, 6) is 0. The number of morpholine rings is 1. The summed E-state index contributed by atoms with van der Waals surface area (Å²) in [6.45, 7) is 6.59. The molecule has 0 N–H and O–H groups in total. The Morgan fingerprint density at radius 2 is 1.76 bits per heavy atom. The molecule has 3 aromatic heterocycles. The Kier molecular flexibility index (Phi) is 4.79. The quantitative estimate of drug-likeness (QED) is 0.537. The first-order valence-corrected chi connectivity index (χ1v) is 9.93. The lowest BCUT2D eigenvalue weighted by molar-refractivity contribution is 0.0342. The highest BCUT2D eigenvalue weighted by molar-refractivity contribution is 5.66. The summed E-state index contributed by atoms with van der Waals surface area (Å²) in [5.41, 5.74) is 7.19. The molecule has 29 heavy (non-hydrogen) atoms. The molecule has 0 amide bonds. The van der Waals surface area contributed by atoms with Crippen LogP contribution in [0.25, 0.3) is 28.2 Å². The van der Waals surface area contributed by atoms with Gasteiger partial charge < -0.3 is 4.74 Å². The molecule has 0 aliphatic carbocycles. The van der Waals surface area contributed by atoms with E-state index in [-0.39, 0.29) is 0 Å². The molecule has 146 valence electrons. The molecular weight excluding hydrogens is 362 g/mol. The van der Waals surface area contributed by atoms with Crippen LogP contribution in [0.4, 0.5) is 0 Å². The zero-order valence-electron chi connectivity index (χ0n) is 16.5. The molecule has 0 spiro atoms. The third-order valence-electron chi connectivity index (χ3n) is 5.31. The maximum atomic E-state index is 5.43. The Morgan fingerprint density at radius 3 is 2.55 bits per heavy atom. The Balaban J connectivity index is 1.44. The largest absolute Gasteiger partial charge is 0.379 e. The van der Waals surface area contributed by atoms with E-state index in [1.54, 1.807) is 0 Å². The number of benzene rings is 1. The van der Waals surface area contributed by atoms with Crippen molar-refractivity contribution in [1.82, 2.24) is 24.5 Å². The van der Waals surface area contributed by atoms with Gasteiger partial charge in [-0.15, -0.1) is 0 Å². The van der Waals surface area contributed by atoms with Crippen LogP contribution in [-0.4, -0.2) is 50.8 Å². The van der Waals surface area contributed by atoms with E-state index in [1.807, 2.05) is 48.1 Å². The first-order valence-electron chi connectivity index (χ1n) is 9.93. The highest BCUT2D eigenvalue weighted by Crippen LogP contribution is 2.24. The minimum atomic E-state index is 0.824. The van der Waals surface area contributed by atoms with Gasteiger partial charge in [0.2, 0.25) is 0 Å². The molecule has 0 saturated carbocycles. The minimum absolute atomic E-state index is 0.824. The van der Waals surface area contributed by atoms with E-state index in [9.17, 15) is 0 Å². The summed E-state index contributed by atoms with van der Waals surface area (Å²) in [6, 6.07) is 16.7. The van der Waals surface area contributed by atoms with Crippen molar-refractivity contribution in [3.8, 4) is 22.5 Å². The number of aromatic nitrogens is 4. The van der Waals surface area contributed by atoms with Gasteiger partial charge in [0, 0.05) is 42.7 Å². The monoisotopic (exact) mass is 385 g/mol. The molecule has 0 bridgehead atoms. The Labute approximate surface area is 169 Å². The number of aryl methyl sites for hydroxylation is 1. The van der Waals surface area contributed by atoms with Gasteiger partial charge >= 0.3 is 0 Å². The third-order valence-corrected chi connectivity index (χ3v) is 5.31. The molecule has 1 fully saturated rings. The number of fused-ring (bicyclic) bond motifs is 1. The van der Waals surface area contributed by atoms with Crippen LogP contribution < -0.4 is 0 Å². The summed E-state index contributed by atoms with van der Waals surface area (Å²) in [7, 11) is 0. The van der Waals surface area contributed by atoms with Crippen molar-refractivity contribution >= 4 is 5.65 Å². The second-order valence-corrected chi connectivity index (χ2v) is 7.40. The fraction of sp³-hybridized carbons (Fsp3) is 0.261. The van der Waals surface area contributed by atoms with Gasteiger partial charge in [-0.05, 0) is 36.8 Å².